The van der Waals surface area contributed by atoms with Gasteiger partial charge in [0, 0.05) is 6.54 Å². The van der Waals surface area contributed by atoms with Gasteiger partial charge < -0.3 is 10.3 Å². The molecule has 0 radical (unpaired) electrons. The Morgan fingerprint density at radius 1 is 1.24 bits per heavy atom. The van der Waals surface area contributed by atoms with Gasteiger partial charge in [0.05, 0.1) is 22.5 Å². The van der Waals surface area contributed by atoms with E-state index in [1.54, 1.807) is 0 Å². The third-order valence-corrected chi connectivity index (χ3v) is 3.66. The van der Waals surface area contributed by atoms with E-state index in [4.69, 9.17) is 0 Å². The van der Waals surface area contributed by atoms with Gasteiger partial charge in [-0.05, 0) is 31.2 Å². The highest BCUT2D eigenvalue weighted by Crippen LogP contribution is 2.30. The van der Waals surface area contributed by atoms with Crippen LogP contribution in [0.1, 0.15) is 18.0 Å². The Bertz CT molecular complexity index is 801. The molecule has 2 N–H and O–H groups in total. The second kappa shape index (κ2) is 4.73. The summed E-state index contributed by atoms with van der Waals surface area (Å²) in [5.41, 5.74) is -2.08. The highest BCUT2D eigenvalue weighted by Gasteiger charge is 2.31. The predicted octanol–water partition coefficient (Wildman–Crippen LogP) is 1.24. The molecule has 0 saturated carbocycles. The molecule has 8 heteroatoms. The summed E-state index contributed by atoms with van der Waals surface area (Å²) in [4.78, 5) is 26.8. The number of aromatic nitrogens is 2. The fourth-order valence-corrected chi connectivity index (χ4v) is 2.60. The fraction of sp³-hybridized carbons (Fsp3) is 0.385. The first-order valence-corrected chi connectivity index (χ1v) is 6.44. The number of H-pyrrole nitrogens is 1. The number of fused-ring (bicyclic) bond motifs is 1. The molecule has 0 aliphatic carbocycles. The van der Waals surface area contributed by atoms with Gasteiger partial charge in [0.25, 0.3) is 5.56 Å². The summed E-state index contributed by atoms with van der Waals surface area (Å²) in [7, 11) is 0. The molecule has 3 rings (SSSR count). The number of halogens is 3. The lowest BCUT2D eigenvalue weighted by molar-refractivity contribution is -0.137. The maximum Gasteiger partial charge on any atom is 0.416 e. The lowest BCUT2D eigenvalue weighted by Crippen LogP contribution is -2.38. The highest BCUT2D eigenvalue weighted by molar-refractivity contribution is 5.78. The van der Waals surface area contributed by atoms with E-state index in [0.717, 1.165) is 22.8 Å². The average molecular weight is 299 g/mol. The van der Waals surface area contributed by atoms with Gasteiger partial charge >= 0.3 is 11.9 Å². The summed E-state index contributed by atoms with van der Waals surface area (Å²) in [5, 5.41) is 2.89. The lowest BCUT2D eigenvalue weighted by Gasteiger charge is -2.13. The normalized spacial score (nSPS) is 19.3. The maximum atomic E-state index is 12.7. The molecule has 1 aromatic carbocycles. The Kier molecular flexibility index (Phi) is 3.12. The van der Waals surface area contributed by atoms with Crippen LogP contribution >= 0.6 is 0 Å². The molecule has 1 saturated heterocycles. The molecule has 1 unspecified atom stereocenters. The van der Waals surface area contributed by atoms with Crippen LogP contribution in [0.5, 0.6) is 0 Å². The van der Waals surface area contributed by atoms with E-state index >= 15 is 0 Å². The quantitative estimate of drug-likeness (QED) is 0.832. The molecule has 0 amide bonds. The lowest BCUT2D eigenvalue weighted by atomic mass is 10.1. The summed E-state index contributed by atoms with van der Waals surface area (Å²) in [6.07, 6.45) is -3.94. The number of nitrogens with zero attached hydrogens (tertiary/aromatic N) is 1. The third kappa shape index (κ3) is 2.35. The average Bonchev–Trinajstić information content (AvgIpc) is 2.91. The molecule has 1 fully saturated rings. The van der Waals surface area contributed by atoms with Crippen molar-refractivity contribution in [2.45, 2.75) is 18.6 Å². The van der Waals surface area contributed by atoms with Crippen LogP contribution in [-0.4, -0.2) is 22.6 Å². The molecule has 1 aromatic heterocycles. The number of aromatic amines is 1. The molecule has 5 nitrogen and oxygen atoms in total. The van der Waals surface area contributed by atoms with Gasteiger partial charge in [-0.2, -0.15) is 13.2 Å². The zero-order valence-electron chi connectivity index (χ0n) is 10.8. The highest BCUT2D eigenvalue weighted by atomic mass is 19.4. The van der Waals surface area contributed by atoms with E-state index < -0.39 is 23.0 Å². The summed E-state index contributed by atoms with van der Waals surface area (Å²) < 4.78 is 39.2. The topological polar surface area (TPSA) is 66.9 Å². The zero-order valence-corrected chi connectivity index (χ0v) is 10.8. The van der Waals surface area contributed by atoms with Gasteiger partial charge in [0.15, 0.2) is 0 Å². The molecule has 2 heterocycles. The Balaban J connectivity index is 2.26. The van der Waals surface area contributed by atoms with E-state index in [9.17, 15) is 22.8 Å². The van der Waals surface area contributed by atoms with Gasteiger partial charge in [-0.3, -0.25) is 9.36 Å². The molecule has 112 valence electrons. The first-order chi connectivity index (χ1) is 9.88. The van der Waals surface area contributed by atoms with Crippen LogP contribution in [-0.2, 0) is 6.18 Å². The Hall–Kier alpha value is -2.09. The van der Waals surface area contributed by atoms with Crippen LogP contribution in [0.4, 0.5) is 13.2 Å². The molecule has 0 spiro atoms. The maximum absolute atomic E-state index is 12.7. The van der Waals surface area contributed by atoms with Crippen molar-refractivity contribution in [1.29, 1.82) is 0 Å². The molecule has 1 aliphatic rings. The second-order valence-corrected chi connectivity index (χ2v) is 5.01. The van der Waals surface area contributed by atoms with Crippen molar-refractivity contribution >= 4 is 10.9 Å². The summed E-state index contributed by atoms with van der Waals surface area (Å²) >= 11 is 0. The van der Waals surface area contributed by atoms with Gasteiger partial charge in [0.1, 0.15) is 0 Å². The van der Waals surface area contributed by atoms with E-state index in [1.807, 2.05) is 0 Å². The van der Waals surface area contributed by atoms with Gasteiger partial charge in [-0.25, -0.2) is 4.79 Å². The van der Waals surface area contributed by atoms with Crippen LogP contribution in [0, 0.1) is 0 Å². The van der Waals surface area contributed by atoms with Crippen molar-refractivity contribution in [3.63, 3.8) is 0 Å². The van der Waals surface area contributed by atoms with Crippen molar-refractivity contribution < 1.29 is 13.2 Å². The van der Waals surface area contributed by atoms with E-state index in [-0.39, 0.29) is 16.9 Å². The van der Waals surface area contributed by atoms with Crippen molar-refractivity contribution in [2.75, 3.05) is 13.1 Å². The first-order valence-electron chi connectivity index (χ1n) is 6.44. The smallest absolute Gasteiger partial charge is 0.315 e. The second-order valence-electron chi connectivity index (χ2n) is 5.01. The molecule has 2 aromatic rings. The predicted molar refractivity (Wildman–Crippen MR) is 70.4 cm³/mol. The number of benzene rings is 1. The molecular formula is C13H12F3N3O2. The van der Waals surface area contributed by atoms with Crippen molar-refractivity contribution in [3.8, 4) is 0 Å². The van der Waals surface area contributed by atoms with Gasteiger partial charge in [0.2, 0.25) is 0 Å². The number of alkyl halides is 3. The minimum atomic E-state index is -4.53. The molecule has 1 aliphatic heterocycles. The monoisotopic (exact) mass is 299 g/mol. The van der Waals surface area contributed by atoms with Crippen molar-refractivity contribution in [2.24, 2.45) is 0 Å². The fourth-order valence-electron chi connectivity index (χ4n) is 2.60. The number of rotatable bonds is 1. The zero-order chi connectivity index (χ0) is 15.2. The molecular weight excluding hydrogens is 287 g/mol. The standard InChI is InChI=1S/C13H12F3N3O2/c14-13(15,16)7-1-2-10-9(5-7)11(20)19(12(21)18-10)8-3-4-17-6-8/h1-2,5,8,17H,3-4,6H2,(H,18,21). The van der Waals surface area contributed by atoms with Crippen LogP contribution in [0.3, 0.4) is 0 Å². The van der Waals surface area contributed by atoms with Crippen LogP contribution < -0.4 is 16.6 Å². The summed E-state index contributed by atoms with van der Waals surface area (Å²) in [6, 6.07) is 2.41. The number of hydrogen-bond donors (Lipinski definition) is 2. The van der Waals surface area contributed by atoms with Gasteiger partial charge in [-0.1, -0.05) is 0 Å². The molecule has 21 heavy (non-hydrogen) atoms. The van der Waals surface area contributed by atoms with Gasteiger partial charge in [-0.15, -0.1) is 0 Å². The van der Waals surface area contributed by atoms with Crippen molar-refractivity contribution in [3.05, 3.63) is 44.6 Å². The number of hydrogen-bond acceptors (Lipinski definition) is 3. The van der Waals surface area contributed by atoms with E-state index in [0.29, 0.717) is 19.5 Å². The Labute approximate surface area is 116 Å². The minimum Gasteiger partial charge on any atom is -0.315 e. The SMILES string of the molecule is O=c1[nH]c2ccc(C(F)(F)F)cc2c(=O)n1C1CCNC1. The van der Waals surface area contributed by atoms with E-state index in [2.05, 4.69) is 10.3 Å². The summed E-state index contributed by atoms with van der Waals surface area (Å²) in [6.45, 7) is 1.12. The first kappa shape index (κ1) is 13.9. The van der Waals surface area contributed by atoms with Crippen LogP contribution in [0.25, 0.3) is 10.9 Å². The van der Waals surface area contributed by atoms with Crippen LogP contribution in [0.15, 0.2) is 27.8 Å². The van der Waals surface area contributed by atoms with Crippen LogP contribution in [0.2, 0.25) is 0 Å². The molecule has 1 atom stereocenters. The largest absolute Gasteiger partial charge is 0.416 e. The third-order valence-electron chi connectivity index (χ3n) is 3.66. The minimum absolute atomic E-state index is 0.111. The Morgan fingerprint density at radius 3 is 2.62 bits per heavy atom. The Morgan fingerprint density at radius 2 is 2.00 bits per heavy atom. The summed E-state index contributed by atoms with van der Waals surface area (Å²) in [5.74, 6) is 0. The van der Waals surface area contributed by atoms with Crippen molar-refractivity contribution in [1.82, 2.24) is 14.9 Å². The van der Waals surface area contributed by atoms with E-state index in [1.165, 1.54) is 0 Å². The molecule has 0 bridgehead atoms. The number of nitrogens with one attached hydrogen (secondary N) is 2.